The number of allylic oxidation sites excluding steroid dienone is 4. The highest BCUT2D eigenvalue weighted by atomic mass is 16.7. The van der Waals surface area contributed by atoms with Crippen LogP contribution in [0.5, 0.6) is 0 Å². The van der Waals surface area contributed by atoms with Gasteiger partial charge in [0.2, 0.25) is 0 Å². The van der Waals surface area contributed by atoms with Crippen LogP contribution in [-0.2, 0) is 14.3 Å². The average Bonchev–Trinajstić information content (AvgIpc) is 3.15. The van der Waals surface area contributed by atoms with Gasteiger partial charge in [-0.15, -0.1) is 0 Å². The second-order valence-electron chi connectivity index (χ2n) is 9.05. The monoisotopic (exact) mass is 328 g/mol. The number of hydrogen-bond donors (Lipinski definition) is 0. The Hall–Kier alpha value is -0.930. The highest BCUT2D eigenvalue weighted by molar-refractivity contribution is 6.01. The molecule has 1 heterocycles. The van der Waals surface area contributed by atoms with Crippen LogP contribution in [0.2, 0.25) is 0 Å². The Morgan fingerprint density at radius 2 is 1.79 bits per heavy atom. The minimum Gasteiger partial charge on any atom is -0.347 e. The van der Waals surface area contributed by atoms with Gasteiger partial charge in [0, 0.05) is 17.3 Å². The second kappa shape index (κ2) is 4.82. The van der Waals surface area contributed by atoms with Crippen LogP contribution < -0.4 is 0 Å². The molecule has 2 unspecified atom stereocenters. The SMILES string of the molecule is C[C@]12C=CC(=O)C=C1CC[C@@H]1C2CC[C@@]2(C)C1CCC21OCCO1. The molecule has 0 aromatic carbocycles. The Balaban J connectivity index is 1.51. The summed E-state index contributed by atoms with van der Waals surface area (Å²) in [5.41, 5.74) is 1.63. The molecule has 130 valence electrons. The molecule has 0 N–H and O–H groups in total. The fourth-order valence-corrected chi connectivity index (χ4v) is 7.08. The van der Waals surface area contributed by atoms with Gasteiger partial charge < -0.3 is 9.47 Å². The predicted molar refractivity (Wildman–Crippen MR) is 91.3 cm³/mol. The van der Waals surface area contributed by atoms with Crippen molar-refractivity contribution in [3.05, 3.63) is 23.8 Å². The molecule has 24 heavy (non-hydrogen) atoms. The predicted octanol–water partition coefficient (Wildman–Crippen LogP) is 4.04. The first-order valence-electron chi connectivity index (χ1n) is 9.71. The van der Waals surface area contributed by atoms with Crippen LogP contribution in [0, 0.1) is 28.6 Å². The number of carbonyl (C=O) groups is 1. The van der Waals surface area contributed by atoms with Crippen molar-refractivity contribution in [1.82, 2.24) is 0 Å². The first-order valence-corrected chi connectivity index (χ1v) is 9.71. The summed E-state index contributed by atoms with van der Waals surface area (Å²) in [5.74, 6) is 1.96. The Morgan fingerprint density at radius 1 is 1.04 bits per heavy atom. The normalized spacial score (nSPS) is 48.8. The van der Waals surface area contributed by atoms with Gasteiger partial charge in [-0.3, -0.25) is 4.79 Å². The molecule has 5 atom stereocenters. The molecule has 0 aromatic rings. The number of hydrogen-bond acceptors (Lipinski definition) is 3. The lowest BCUT2D eigenvalue weighted by molar-refractivity contribution is -0.241. The first kappa shape index (κ1) is 15.3. The van der Waals surface area contributed by atoms with Gasteiger partial charge in [0.1, 0.15) is 0 Å². The molecular weight excluding hydrogens is 300 g/mol. The zero-order valence-electron chi connectivity index (χ0n) is 14.8. The van der Waals surface area contributed by atoms with Crippen LogP contribution in [0.4, 0.5) is 0 Å². The molecule has 4 fully saturated rings. The van der Waals surface area contributed by atoms with E-state index in [1.165, 1.54) is 31.3 Å². The third-order valence-corrected chi connectivity index (χ3v) is 8.35. The lowest BCUT2D eigenvalue weighted by atomic mass is 9.48. The summed E-state index contributed by atoms with van der Waals surface area (Å²) in [5, 5.41) is 0. The standard InChI is InChI=1S/C21H28O3/c1-19-8-5-15(22)13-14(19)3-4-16-17(19)6-9-20(2)18(16)7-10-21(20)23-11-12-24-21/h5,8,13,16-18H,3-4,6-7,9-12H2,1-2H3/t16-,17?,18?,19+,20+/m1/s1. The van der Waals surface area contributed by atoms with Crippen LogP contribution in [-0.4, -0.2) is 24.8 Å². The fourth-order valence-electron chi connectivity index (χ4n) is 7.08. The Labute approximate surface area is 144 Å². The Kier molecular flexibility index (Phi) is 3.08. The molecule has 1 aliphatic heterocycles. The van der Waals surface area contributed by atoms with E-state index in [1.54, 1.807) is 6.08 Å². The molecule has 0 aromatic heterocycles. The van der Waals surface area contributed by atoms with Crippen LogP contribution in [0.3, 0.4) is 0 Å². The lowest BCUT2D eigenvalue weighted by Crippen LogP contribution is -2.54. The van der Waals surface area contributed by atoms with Gasteiger partial charge in [-0.2, -0.15) is 0 Å². The van der Waals surface area contributed by atoms with Gasteiger partial charge in [-0.1, -0.05) is 25.5 Å². The maximum Gasteiger partial charge on any atom is 0.178 e. The van der Waals surface area contributed by atoms with Crippen molar-refractivity contribution in [3.8, 4) is 0 Å². The van der Waals surface area contributed by atoms with Gasteiger partial charge in [0.15, 0.2) is 11.6 Å². The molecule has 1 spiro atoms. The van der Waals surface area contributed by atoms with Crippen LogP contribution >= 0.6 is 0 Å². The first-order chi connectivity index (χ1) is 11.5. The van der Waals surface area contributed by atoms with Crippen molar-refractivity contribution >= 4 is 5.78 Å². The van der Waals surface area contributed by atoms with E-state index in [0.29, 0.717) is 11.8 Å². The number of rotatable bonds is 0. The third-order valence-electron chi connectivity index (χ3n) is 8.35. The highest BCUT2D eigenvalue weighted by Crippen LogP contribution is 2.68. The van der Waals surface area contributed by atoms with Crippen molar-refractivity contribution in [3.63, 3.8) is 0 Å². The Bertz CT molecular complexity index is 641. The van der Waals surface area contributed by atoms with E-state index in [2.05, 4.69) is 19.9 Å². The maximum atomic E-state index is 11.8. The van der Waals surface area contributed by atoms with Crippen molar-refractivity contribution < 1.29 is 14.3 Å². The summed E-state index contributed by atoms with van der Waals surface area (Å²) >= 11 is 0. The highest BCUT2D eigenvalue weighted by Gasteiger charge is 2.66. The van der Waals surface area contributed by atoms with Gasteiger partial charge in [0.05, 0.1) is 13.2 Å². The van der Waals surface area contributed by atoms with E-state index in [9.17, 15) is 4.79 Å². The van der Waals surface area contributed by atoms with Crippen LogP contribution in [0.25, 0.3) is 0 Å². The molecule has 3 saturated carbocycles. The third kappa shape index (κ3) is 1.73. The van der Waals surface area contributed by atoms with Gasteiger partial charge in [0.25, 0.3) is 0 Å². The van der Waals surface area contributed by atoms with Gasteiger partial charge >= 0.3 is 0 Å². The second-order valence-corrected chi connectivity index (χ2v) is 9.05. The topological polar surface area (TPSA) is 35.5 Å². The Morgan fingerprint density at radius 3 is 2.58 bits per heavy atom. The van der Waals surface area contributed by atoms with Crippen molar-refractivity contribution in [2.45, 2.75) is 58.2 Å². The molecule has 0 amide bonds. The summed E-state index contributed by atoms with van der Waals surface area (Å²) in [4.78, 5) is 11.8. The summed E-state index contributed by atoms with van der Waals surface area (Å²) in [6.07, 6.45) is 12.9. The van der Waals surface area contributed by atoms with Crippen LogP contribution in [0.1, 0.15) is 52.4 Å². The molecular formula is C21H28O3. The van der Waals surface area contributed by atoms with Gasteiger partial charge in [-0.05, 0) is 62.0 Å². The van der Waals surface area contributed by atoms with E-state index in [0.717, 1.165) is 32.0 Å². The summed E-state index contributed by atoms with van der Waals surface area (Å²) < 4.78 is 12.4. The number of fused-ring (bicyclic) bond motifs is 6. The van der Waals surface area contributed by atoms with Crippen molar-refractivity contribution in [2.75, 3.05) is 13.2 Å². The zero-order valence-corrected chi connectivity index (χ0v) is 14.8. The molecule has 4 aliphatic carbocycles. The number of ketones is 1. The molecule has 0 bridgehead atoms. The maximum absolute atomic E-state index is 11.8. The van der Waals surface area contributed by atoms with Crippen LogP contribution in [0.15, 0.2) is 23.8 Å². The van der Waals surface area contributed by atoms with Crippen molar-refractivity contribution in [1.29, 1.82) is 0 Å². The van der Waals surface area contributed by atoms with E-state index in [1.807, 2.05) is 6.08 Å². The minimum absolute atomic E-state index is 0.0886. The fraction of sp³-hybridized carbons (Fsp3) is 0.762. The zero-order chi connectivity index (χ0) is 16.6. The number of carbonyl (C=O) groups excluding carboxylic acids is 1. The lowest BCUT2D eigenvalue weighted by Gasteiger charge is -2.57. The molecule has 1 saturated heterocycles. The van der Waals surface area contributed by atoms with E-state index < -0.39 is 0 Å². The molecule has 0 radical (unpaired) electrons. The smallest absolute Gasteiger partial charge is 0.178 e. The molecule has 5 rings (SSSR count). The van der Waals surface area contributed by atoms with E-state index in [-0.39, 0.29) is 22.4 Å². The largest absolute Gasteiger partial charge is 0.347 e. The number of ether oxygens (including phenoxy) is 2. The quantitative estimate of drug-likeness (QED) is 0.673. The van der Waals surface area contributed by atoms with Crippen molar-refractivity contribution in [2.24, 2.45) is 28.6 Å². The van der Waals surface area contributed by atoms with E-state index >= 15 is 0 Å². The van der Waals surface area contributed by atoms with E-state index in [4.69, 9.17) is 9.47 Å². The summed E-state index contributed by atoms with van der Waals surface area (Å²) in [7, 11) is 0. The molecule has 3 nitrogen and oxygen atoms in total. The van der Waals surface area contributed by atoms with Gasteiger partial charge in [-0.25, -0.2) is 0 Å². The molecule has 3 heteroatoms. The average molecular weight is 328 g/mol. The molecule has 5 aliphatic rings. The summed E-state index contributed by atoms with van der Waals surface area (Å²) in [6.45, 7) is 6.31. The minimum atomic E-state index is -0.308. The summed E-state index contributed by atoms with van der Waals surface area (Å²) in [6, 6.07) is 0.